The van der Waals surface area contributed by atoms with Crippen LogP contribution in [0.2, 0.25) is 10.0 Å². The Morgan fingerprint density at radius 1 is 1.23 bits per heavy atom. The molecule has 1 N–H and O–H groups in total. The smallest absolute Gasteiger partial charge is 0.192 e. The molecule has 0 fully saturated rings. The lowest BCUT2D eigenvalue weighted by molar-refractivity contribution is -0.124. The van der Waals surface area contributed by atoms with E-state index in [0.717, 1.165) is 12.0 Å². The predicted molar refractivity (Wildman–Crippen MR) is 115 cm³/mol. The highest BCUT2D eigenvalue weighted by atomic mass is 35.5. The highest BCUT2D eigenvalue weighted by Crippen LogP contribution is 2.29. The molecule has 0 spiro atoms. The minimum atomic E-state index is -0.643. The average Bonchev–Trinajstić information content (AvgIpc) is 3.16. The molecule has 1 heterocycles. The van der Waals surface area contributed by atoms with Crippen molar-refractivity contribution in [2.75, 3.05) is 11.9 Å². The van der Waals surface area contributed by atoms with E-state index in [2.05, 4.69) is 15.6 Å². The molecule has 30 heavy (non-hydrogen) atoms. The first-order chi connectivity index (χ1) is 14.4. The Morgan fingerprint density at radius 3 is 2.70 bits per heavy atom. The second-order valence-electron chi connectivity index (χ2n) is 6.72. The summed E-state index contributed by atoms with van der Waals surface area (Å²) in [5, 5.41) is 11.9. The van der Waals surface area contributed by atoms with Crippen molar-refractivity contribution in [1.82, 2.24) is 15.0 Å². The number of aromatic nitrogens is 3. The fourth-order valence-corrected chi connectivity index (χ4v) is 3.25. The summed E-state index contributed by atoms with van der Waals surface area (Å²) in [6, 6.07) is 11.0. The normalized spacial score (nSPS) is 11.9. The number of nitrogens with zero attached hydrogens (tertiary/aromatic N) is 3. The van der Waals surface area contributed by atoms with Crippen LogP contribution in [0.5, 0.6) is 5.75 Å². The zero-order valence-electron chi connectivity index (χ0n) is 16.3. The van der Waals surface area contributed by atoms with Gasteiger partial charge in [0.15, 0.2) is 17.7 Å². The van der Waals surface area contributed by atoms with Gasteiger partial charge in [0.2, 0.25) is 0 Å². The third-order valence-corrected chi connectivity index (χ3v) is 4.84. The van der Waals surface area contributed by atoms with Crippen LogP contribution in [0.25, 0.3) is 0 Å². The first-order valence-corrected chi connectivity index (χ1v) is 10.2. The maximum atomic E-state index is 13.0. The van der Waals surface area contributed by atoms with Crippen molar-refractivity contribution in [2.45, 2.75) is 32.4 Å². The number of carbonyl (C=O) groups is 1. The molecule has 1 aromatic heterocycles. The molecule has 0 amide bonds. The van der Waals surface area contributed by atoms with Gasteiger partial charge < -0.3 is 10.1 Å². The summed E-state index contributed by atoms with van der Waals surface area (Å²) in [7, 11) is 0. The number of ketones is 1. The number of rotatable bonds is 10. The van der Waals surface area contributed by atoms with E-state index in [1.54, 1.807) is 41.2 Å². The summed E-state index contributed by atoms with van der Waals surface area (Å²) < 4.78 is 20.4. The van der Waals surface area contributed by atoms with Crippen LogP contribution in [-0.4, -0.2) is 33.4 Å². The number of benzene rings is 2. The van der Waals surface area contributed by atoms with Crippen LogP contribution in [0.4, 0.5) is 10.2 Å². The Hall–Kier alpha value is -2.64. The van der Waals surface area contributed by atoms with Crippen LogP contribution in [-0.2, 0) is 11.3 Å². The van der Waals surface area contributed by atoms with E-state index in [1.807, 2.05) is 6.92 Å². The lowest BCUT2D eigenvalue weighted by atomic mass is 10.1. The summed E-state index contributed by atoms with van der Waals surface area (Å²) in [4.78, 5) is 12.7. The molecule has 9 heteroatoms. The first kappa shape index (κ1) is 22.1. The molecule has 0 saturated heterocycles. The lowest BCUT2D eigenvalue weighted by Crippen LogP contribution is -2.32. The van der Waals surface area contributed by atoms with E-state index in [-0.39, 0.29) is 18.1 Å². The highest BCUT2D eigenvalue weighted by Gasteiger charge is 2.21. The summed E-state index contributed by atoms with van der Waals surface area (Å²) in [5.74, 6) is 0.459. The predicted octanol–water partition coefficient (Wildman–Crippen LogP) is 5.00. The number of Topliss-reactive ketones (excluding diaryl/α,β-unsaturated/α-hetero) is 1. The molecule has 0 aliphatic heterocycles. The first-order valence-electron chi connectivity index (χ1n) is 9.47. The van der Waals surface area contributed by atoms with Crippen molar-refractivity contribution in [1.29, 1.82) is 0 Å². The van der Waals surface area contributed by atoms with Crippen molar-refractivity contribution < 1.29 is 13.9 Å². The summed E-state index contributed by atoms with van der Waals surface area (Å²) in [6.45, 7) is 2.45. The number of carbonyl (C=O) groups excluding carboxylic acids is 1. The van der Waals surface area contributed by atoms with Crippen molar-refractivity contribution >= 4 is 34.8 Å². The van der Waals surface area contributed by atoms with E-state index < -0.39 is 6.10 Å². The molecule has 0 bridgehead atoms. The number of hydrogen-bond acceptors (Lipinski definition) is 5. The van der Waals surface area contributed by atoms with Gasteiger partial charge in [-0.05, 0) is 42.3 Å². The van der Waals surface area contributed by atoms with Gasteiger partial charge in [0.1, 0.15) is 11.6 Å². The SMILES string of the molecule is CCCC(Oc1ccc(Cl)cc1Cl)C(=O)CNc1cn(Cc2ccc(F)cc2)nn1. The quantitative estimate of drug-likeness (QED) is 0.470. The Morgan fingerprint density at radius 2 is 2.00 bits per heavy atom. The molecule has 3 aromatic rings. The maximum Gasteiger partial charge on any atom is 0.192 e. The molecule has 0 aliphatic carbocycles. The van der Waals surface area contributed by atoms with Gasteiger partial charge in [-0.2, -0.15) is 0 Å². The summed E-state index contributed by atoms with van der Waals surface area (Å²) >= 11 is 12.1. The molecular weight excluding hydrogens is 430 g/mol. The Bertz CT molecular complexity index is 995. The van der Waals surface area contributed by atoms with Crippen molar-refractivity contribution in [3.8, 4) is 5.75 Å². The van der Waals surface area contributed by atoms with Crippen LogP contribution in [0.3, 0.4) is 0 Å². The summed E-state index contributed by atoms with van der Waals surface area (Å²) in [5.41, 5.74) is 0.889. The van der Waals surface area contributed by atoms with Crippen LogP contribution < -0.4 is 10.1 Å². The largest absolute Gasteiger partial charge is 0.481 e. The van der Waals surface area contributed by atoms with Gasteiger partial charge in [-0.3, -0.25) is 4.79 Å². The minimum Gasteiger partial charge on any atom is -0.481 e. The van der Waals surface area contributed by atoms with E-state index >= 15 is 0 Å². The van der Waals surface area contributed by atoms with Crippen LogP contribution in [0, 0.1) is 5.82 Å². The van der Waals surface area contributed by atoms with Crippen molar-refractivity contribution in [3.05, 3.63) is 70.1 Å². The van der Waals surface area contributed by atoms with E-state index in [9.17, 15) is 9.18 Å². The second kappa shape index (κ2) is 10.4. The number of ether oxygens (including phenoxy) is 1. The van der Waals surface area contributed by atoms with Gasteiger partial charge in [0.25, 0.3) is 0 Å². The standard InChI is InChI=1S/C21H21Cl2FN4O2/c1-2-3-20(30-19-9-6-15(22)10-17(19)23)18(29)11-25-21-13-28(27-26-21)12-14-4-7-16(24)8-5-14/h4-10,13,20,25H,2-3,11-12H2,1H3. The van der Waals surface area contributed by atoms with Gasteiger partial charge in [0, 0.05) is 5.02 Å². The van der Waals surface area contributed by atoms with E-state index in [4.69, 9.17) is 27.9 Å². The lowest BCUT2D eigenvalue weighted by Gasteiger charge is -2.18. The van der Waals surface area contributed by atoms with E-state index in [0.29, 0.717) is 34.6 Å². The van der Waals surface area contributed by atoms with Crippen LogP contribution in [0.1, 0.15) is 25.3 Å². The number of nitrogens with one attached hydrogen (secondary N) is 1. The fourth-order valence-electron chi connectivity index (χ4n) is 2.80. The topological polar surface area (TPSA) is 69.0 Å². The number of anilines is 1. The molecular formula is C21H21Cl2FN4O2. The third kappa shape index (κ3) is 6.18. The molecule has 0 aliphatic rings. The number of hydrogen-bond donors (Lipinski definition) is 1. The third-order valence-electron chi connectivity index (χ3n) is 4.31. The van der Waals surface area contributed by atoms with Gasteiger partial charge in [-0.1, -0.05) is 53.9 Å². The molecule has 2 aromatic carbocycles. The molecule has 158 valence electrons. The van der Waals surface area contributed by atoms with Crippen LogP contribution in [0.15, 0.2) is 48.7 Å². The molecule has 6 nitrogen and oxygen atoms in total. The van der Waals surface area contributed by atoms with Crippen molar-refractivity contribution in [3.63, 3.8) is 0 Å². The minimum absolute atomic E-state index is 0.0329. The Kier molecular flexibility index (Phi) is 7.65. The number of halogens is 3. The van der Waals surface area contributed by atoms with Crippen LogP contribution >= 0.6 is 23.2 Å². The molecule has 0 radical (unpaired) electrons. The average molecular weight is 451 g/mol. The van der Waals surface area contributed by atoms with Gasteiger partial charge >= 0.3 is 0 Å². The van der Waals surface area contributed by atoms with Gasteiger partial charge in [-0.25, -0.2) is 9.07 Å². The molecule has 1 atom stereocenters. The van der Waals surface area contributed by atoms with Gasteiger partial charge in [0.05, 0.1) is 24.3 Å². The summed E-state index contributed by atoms with van der Waals surface area (Å²) in [6.07, 6.45) is 2.37. The Balaban J connectivity index is 1.57. The molecule has 1 unspecified atom stereocenters. The van der Waals surface area contributed by atoms with Crippen molar-refractivity contribution in [2.24, 2.45) is 0 Å². The van der Waals surface area contributed by atoms with E-state index in [1.165, 1.54) is 12.1 Å². The Labute approximate surface area is 183 Å². The monoisotopic (exact) mass is 450 g/mol. The molecule has 0 saturated carbocycles. The molecule has 3 rings (SSSR count). The zero-order valence-corrected chi connectivity index (χ0v) is 17.8. The maximum absolute atomic E-state index is 13.0. The highest BCUT2D eigenvalue weighted by molar-refractivity contribution is 6.35. The van der Waals surface area contributed by atoms with Gasteiger partial charge in [-0.15, -0.1) is 5.10 Å². The zero-order chi connectivity index (χ0) is 21.5. The fraction of sp³-hybridized carbons (Fsp3) is 0.286. The second-order valence-corrected chi connectivity index (χ2v) is 7.56.